The number of rotatable bonds is 1. The van der Waals surface area contributed by atoms with Crippen LogP contribution >= 0.6 is 11.8 Å². The molecule has 0 aliphatic heterocycles. The van der Waals surface area contributed by atoms with Gasteiger partial charge in [-0.3, -0.25) is 9.98 Å². The summed E-state index contributed by atoms with van der Waals surface area (Å²) in [5.74, 6) is -0.429. The van der Waals surface area contributed by atoms with E-state index in [1.165, 1.54) is 0 Å². The molecule has 0 spiro atoms. The van der Waals surface area contributed by atoms with Crippen molar-refractivity contribution in [3.63, 3.8) is 0 Å². The lowest BCUT2D eigenvalue weighted by Gasteiger charge is -2.00. The van der Waals surface area contributed by atoms with Gasteiger partial charge < -0.3 is 4.42 Å². The summed E-state index contributed by atoms with van der Waals surface area (Å²) in [6, 6.07) is 5.51. The van der Waals surface area contributed by atoms with Gasteiger partial charge in [0, 0.05) is 12.6 Å². The number of aromatic amines is 1. The van der Waals surface area contributed by atoms with E-state index in [-0.39, 0.29) is 0 Å². The molecule has 2 rings (SSSR count). The molecule has 78 valence electrons. The average molecular weight is 222 g/mol. The molecule has 0 fully saturated rings. The van der Waals surface area contributed by atoms with Crippen molar-refractivity contribution in [3.8, 4) is 0 Å². The third kappa shape index (κ3) is 1.83. The normalized spacial score (nSPS) is 12.3. The van der Waals surface area contributed by atoms with Gasteiger partial charge in [0.2, 0.25) is 0 Å². The standard InChI is InChI=1S/C10H10N2O2S/c1-11-9(15-2)6-3-4-8-7(5-6)12-10(13)14-8/h3-5H,1-2H3,(H,12,13). The number of fused-ring (bicyclic) bond motifs is 1. The Morgan fingerprint density at radius 3 is 3.00 bits per heavy atom. The van der Waals surface area contributed by atoms with Crippen LogP contribution in [0.15, 0.2) is 32.4 Å². The van der Waals surface area contributed by atoms with E-state index in [1.807, 2.05) is 18.4 Å². The molecule has 5 heteroatoms. The maximum Gasteiger partial charge on any atom is 0.417 e. The molecule has 0 saturated carbocycles. The second kappa shape index (κ2) is 3.94. The van der Waals surface area contributed by atoms with Crippen molar-refractivity contribution >= 4 is 27.9 Å². The van der Waals surface area contributed by atoms with E-state index < -0.39 is 5.76 Å². The molecular formula is C10H10N2O2S. The third-order valence-electron chi connectivity index (χ3n) is 2.06. The first-order chi connectivity index (χ1) is 7.24. The van der Waals surface area contributed by atoms with Crippen molar-refractivity contribution < 1.29 is 4.42 Å². The predicted octanol–water partition coefficient (Wildman–Crippen LogP) is 1.86. The summed E-state index contributed by atoms with van der Waals surface area (Å²) < 4.78 is 4.91. The van der Waals surface area contributed by atoms with Crippen LogP contribution in [-0.4, -0.2) is 23.3 Å². The number of aromatic nitrogens is 1. The summed E-state index contributed by atoms with van der Waals surface area (Å²) in [4.78, 5) is 17.7. The zero-order chi connectivity index (χ0) is 10.8. The zero-order valence-electron chi connectivity index (χ0n) is 8.40. The second-order valence-corrected chi connectivity index (χ2v) is 3.75. The van der Waals surface area contributed by atoms with Crippen molar-refractivity contribution in [2.45, 2.75) is 0 Å². The van der Waals surface area contributed by atoms with Gasteiger partial charge in [-0.05, 0) is 24.5 Å². The molecule has 0 bridgehead atoms. The highest BCUT2D eigenvalue weighted by Gasteiger charge is 2.05. The number of hydrogen-bond acceptors (Lipinski definition) is 4. The Morgan fingerprint density at radius 1 is 1.53 bits per heavy atom. The third-order valence-corrected chi connectivity index (χ3v) is 2.87. The molecule has 0 saturated heterocycles. The van der Waals surface area contributed by atoms with Gasteiger partial charge in [0.15, 0.2) is 5.58 Å². The summed E-state index contributed by atoms with van der Waals surface area (Å²) in [6.07, 6.45) is 1.96. The van der Waals surface area contributed by atoms with E-state index in [0.29, 0.717) is 11.1 Å². The number of nitrogens with one attached hydrogen (secondary N) is 1. The Bertz CT molecular complexity index is 568. The highest BCUT2D eigenvalue weighted by atomic mass is 32.2. The van der Waals surface area contributed by atoms with Crippen LogP contribution in [0.25, 0.3) is 11.1 Å². The molecule has 0 aliphatic carbocycles. The van der Waals surface area contributed by atoms with Crippen LogP contribution in [0.4, 0.5) is 0 Å². The van der Waals surface area contributed by atoms with Gasteiger partial charge in [0.1, 0.15) is 0 Å². The number of benzene rings is 1. The van der Waals surface area contributed by atoms with Gasteiger partial charge in [-0.2, -0.15) is 0 Å². The predicted molar refractivity (Wildman–Crippen MR) is 62.8 cm³/mol. The minimum atomic E-state index is -0.429. The van der Waals surface area contributed by atoms with E-state index in [1.54, 1.807) is 24.9 Å². The summed E-state index contributed by atoms with van der Waals surface area (Å²) in [5.41, 5.74) is 2.25. The molecule has 1 heterocycles. The topological polar surface area (TPSA) is 58.4 Å². The van der Waals surface area contributed by atoms with E-state index in [9.17, 15) is 4.79 Å². The minimum absolute atomic E-state index is 0.429. The molecule has 0 radical (unpaired) electrons. The van der Waals surface area contributed by atoms with Crippen LogP contribution in [-0.2, 0) is 0 Å². The van der Waals surface area contributed by atoms with Crippen molar-refractivity contribution in [1.29, 1.82) is 0 Å². The van der Waals surface area contributed by atoms with Crippen molar-refractivity contribution in [1.82, 2.24) is 4.98 Å². The van der Waals surface area contributed by atoms with Gasteiger partial charge >= 0.3 is 5.76 Å². The van der Waals surface area contributed by atoms with Gasteiger partial charge in [-0.25, -0.2) is 4.79 Å². The number of oxazole rings is 1. The minimum Gasteiger partial charge on any atom is -0.408 e. The molecule has 15 heavy (non-hydrogen) atoms. The smallest absolute Gasteiger partial charge is 0.408 e. The molecular weight excluding hydrogens is 212 g/mol. The monoisotopic (exact) mass is 222 g/mol. The number of H-pyrrole nitrogens is 1. The highest BCUT2D eigenvalue weighted by molar-refractivity contribution is 8.13. The molecule has 4 nitrogen and oxygen atoms in total. The van der Waals surface area contributed by atoms with Crippen LogP contribution in [0, 0.1) is 0 Å². The van der Waals surface area contributed by atoms with Crippen LogP contribution in [0.2, 0.25) is 0 Å². The molecule has 0 atom stereocenters. The Morgan fingerprint density at radius 2 is 2.33 bits per heavy atom. The first-order valence-electron chi connectivity index (χ1n) is 4.38. The zero-order valence-corrected chi connectivity index (χ0v) is 9.22. The summed E-state index contributed by atoms with van der Waals surface area (Å²) in [5, 5.41) is 0.930. The Hall–Kier alpha value is -1.49. The molecule has 0 amide bonds. The van der Waals surface area contributed by atoms with Crippen LogP contribution in [0.3, 0.4) is 0 Å². The molecule has 1 N–H and O–H groups in total. The molecule has 2 aromatic rings. The van der Waals surface area contributed by atoms with E-state index >= 15 is 0 Å². The SMILES string of the molecule is CN=C(SC)c1ccc2oc(=O)[nH]c2c1. The van der Waals surface area contributed by atoms with E-state index in [2.05, 4.69) is 9.98 Å². The van der Waals surface area contributed by atoms with Gasteiger partial charge in [0.25, 0.3) is 0 Å². The van der Waals surface area contributed by atoms with Crippen LogP contribution in [0.5, 0.6) is 0 Å². The fourth-order valence-corrected chi connectivity index (χ4v) is 1.97. The maximum absolute atomic E-state index is 11.0. The Labute approximate surface area is 90.4 Å². The largest absolute Gasteiger partial charge is 0.417 e. The van der Waals surface area contributed by atoms with Crippen LogP contribution < -0.4 is 5.76 Å². The van der Waals surface area contributed by atoms with Crippen molar-refractivity contribution in [3.05, 3.63) is 34.3 Å². The summed E-state index contributed by atoms with van der Waals surface area (Å²) >= 11 is 1.57. The summed E-state index contributed by atoms with van der Waals surface area (Å²) in [6.45, 7) is 0. The first kappa shape index (κ1) is 10.0. The lowest BCUT2D eigenvalue weighted by molar-refractivity contribution is 0.555. The van der Waals surface area contributed by atoms with Gasteiger partial charge in [-0.1, -0.05) is 0 Å². The number of thioether (sulfide) groups is 1. The lowest BCUT2D eigenvalue weighted by atomic mass is 10.2. The lowest BCUT2D eigenvalue weighted by Crippen LogP contribution is -1.95. The van der Waals surface area contributed by atoms with Gasteiger partial charge in [-0.15, -0.1) is 11.8 Å². The fourth-order valence-electron chi connectivity index (χ4n) is 1.42. The van der Waals surface area contributed by atoms with Crippen molar-refractivity contribution in [2.75, 3.05) is 13.3 Å². The number of hydrogen-bond donors (Lipinski definition) is 1. The number of aliphatic imine (C=N–C) groups is 1. The van der Waals surface area contributed by atoms with Gasteiger partial charge in [0.05, 0.1) is 10.6 Å². The van der Waals surface area contributed by atoms with E-state index in [0.717, 1.165) is 10.6 Å². The molecule has 0 aliphatic rings. The molecule has 1 aromatic heterocycles. The second-order valence-electron chi connectivity index (χ2n) is 2.96. The average Bonchev–Trinajstić information content (AvgIpc) is 2.59. The Kier molecular flexibility index (Phi) is 2.64. The fraction of sp³-hybridized carbons (Fsp3) is 0.200. The maximum atomic E-state index is 11.0. The molecule has 1 aromatic carbocycles. The van der Waals surface area contributed by atoms with Crippen molar-refractivity contribution in [2.24, 2.45) is 4.99 Å². The Balaban J connectivity index is 2.60. The summed E-state index contributed by atoms with van der Waals surface area (Å²) in [7, 11) is 1.74. The first-order valence-corrected chi connectivity index (χ1v) is 5.61. The quantitative estimate of drug-likeness (QED) is 0.592. The molecule has 0 unspecified atom stereocenters. The highest BCUT2D eigenvalue weighted by Crippen LogP contribution is 2.16. The number of nitrogens with zero attached hydrogens (tertiary/aromatic N) is 1. The van der Waals surface area contributed by atoms with Crippen LogP contribution in [0.1, 0.15) is 5.56 Å². The van der Waals surface area contributed by atoms with E-state index in [4.69, 9.17) is 4.42 Å².